The van der Waals surface area contributed by atoms with E-state index in [1.54, 1.807) is 0 Å². The molecule has 0 radical (unpaired) electrons. The van der Waals surface area contributed by atoms with Crippen molar-refractivity contribution in [3.63, 3.8) is 0 Å². The minimum Gasteiger partial charge on any atom is -0.305 e. The van der Waals surface area contributed by atoms with E-state index in [0.717, 1.165) is 25.0 Å². The van der Waals surface area contributed by atoms with Gasteiger partial charge in [-0.05, 0) is 31.9 Å². The summed E-state index contributed by atoms with van der Waals surface area (Å²) < 4.78 is 0. The molecule has 3 atom stereocenters. The van der Waals surface area contributed by atoms with Crippen LogP contribution in [0.4, 0.5) is 0 Å². The zero-order chi connectivity index (χ0) is 11.4. The van der Waals surface area contributed by atoms with Crippen LogP contribution in [0.5, 0.6) is 0 Å². The monoisotopic (exact) mass is 215 g/mol. The summed E-state index contributed by atoms with van der Waals surface area (Å²) in [6.07, 6.45) is 5.10. The Labute approximate surface area is 96.5 Å². The van der Waals surface area contributed by atoms with E-state index in [4.69, 9.17) is 5.26 Å². The Kier molecular flexibility index (Phi) is 3.53. The van der Waals surface area contributed by atoms with E-state index in [0.29, 0.717) is 6.04 Å². The van der Waals surface area contributed by atoms with Gasteiger partial charge in [0, 0.05) is 18.3 Å². The van der Waals surface area contributed by atoms with Gasteiger partial charge in [-0.15, -0.1) is 0 Å². The van der Waals surface area contributed by atoms with Crippen LogP contribution in [0.3, 0.4) is 0 Å². The fourth-order valence-corrected chi connectivity index (χ4v) is 2.35. The van der Waals surface area contributed by atoms with Crippen LogP contribution in [-0.2, 0) is 0 Å². The maximum atomic E-state index is 9.01. The van der Waals surface area contributed by atoms with Crippen molar-refractivity contribution >= 4 is 0 Å². The molecule has 1 saturated carbocycles. The van der Waals surface area contributed by atoms with Gasteiger partial charge in [0.1, 0.15) is 0 Å². The van der Waals surface area contributed by atoms with Crippen LogP contribution in [0.15, 0.2) is 24.4 Å². The second-order valence-electron chi connectivity index (χ2n) is 4.42. The molecule has 1 aliphatic rings. The van der Waals surface area contributed by atoms with Crippen molar-refractivity contribution in [2.24, 2.45) is 5.92 Å². The van der Waals surface area contributed by atoms with Crippen molar-refractivity contribution < 1.29 is 0 Å². The summed E-state index contributed by atoms with van der Waals surface area (Å²) in [5, 5.41) is 12.5. The Balaban J connectivity index is 1.98. The number of hydrogen-bond acceptors (Lipinski definition) is 3. The smallest absolute Gasteiger partial charge is 0.0672 e. The zero-order valence-electron chi connectivity index (χ0n) is 9.56. The highest BCUT2D eigenvalue weighted by Crippen LogP contribution is 2.26. The number of rotatable bonds is 3. The van der Waals surface area contributed by atoms with Crippen LogP contribution in [0.1, 0.15) is 37.9 Å². The average Bonchev–Trinajstić information content (AvgIpc) is 2.77. The van der Waals surface area contributed by atoms with Crippen LogP contribution < -0.4 is 5.32 Å². The predicted molar refractivity (Wildman–Crippen MR) is 62.5 cm³/mol. The van der Waals surface area contributed by atoms with E-state index in [2.05, 4.69) is 23.3 Å². The lowest BCUT2D eigenvalue weighted by Crippen LogP contribution is -2.34. The van der Waals surface area contributed by atoms with Crippen molar-refractivity contribution in [3.05, 3.63) is 30.1 Å². The second-order valence-corrected chi connectivity index (χ2v) is 4.42. The molecule has 2 rings (SSSR count). The normalized spacial score (nSPS) is 26.2. The number of nitrogens with zero attached hydrogens (tertiary/aromatic N) is 2. The van der Waals surface area contributed by atoms with Crippen molar-refractivity contribution in [3.8, 4) is 6.07 Å². The summed E-state index contributed by atoms with van der Waals surface area (Å²) in [6, 6.07) is 8.88. The van der Waals surface area contributed by atoms with Crippen LogP contribution in [-0.4, -0.2) is 11.0 Å². The molecule has 16 heavy (non-hydrogen) atoms. The molecule has 1 heterocycles. The molecule has 0 saturated heterocycles. The third-order valence-electron chi connectivity index (χ3n) is 3.28. The molecular weight excluding hydrogens is 198 g/mol. The Morgan fingerprint density at radius 2 is 2.38 bits per heavy atom. The quantitative estimate of drug-likeness (QED) is 0.842. The Morgan fingerprint density at radius 3 is 3.06 bits per heavy atom. The topological polar surface area (TPSA) is 48.7 Å². The molecule has 0 aliphatic heterocycles. The minimum absolute atomic E-state index is 0.172. The summed E-state index contributed by atoms with van der Waals surface area (Å²) in [4.78, 5) is 4.33. The highest BCUT2D eigenvalue weighted by atomic mass is 15.0. The second kappa shape index (κ2) is 5.09. The predicted octanol–water partition coefficient (Wildman–Crippen LogP) is 2.42. The van der Waals surface area contributed by atoms with Crippen LogP contribution in [0.25, 0.3) is 0 Å². The van der Waals surface area contributed by atoms with Crippen molar-refractivity contribution in [2.45, 2.75) is 38.3 Å². The Hall–Kier alpha value is -1.40. The lowest BCUT2D eigenvalue weighted by Gasteiger charge is -2.21. The fraction of sp³-hybridized carbons (Fsp3) is 0.538. The summed E-state index contributed by atoms with van der Waals surface area (Å²) in [7, 11) is 0. The number of hydrogen-bond donors (Lipinski definition) is 1. The standard InChI is InChI=1S/C13H17N3/c1-10(12-6-2-3-8-15-12)16-13-7-4-5-11(13)9-14/h2-3,6,8,10-11,13,16H,4-5,7H2,1H3/t10-,11?,13?/m0/s1. The number of nitriles is 1. The van der Waals surface area contributed by atoms with Crippen molar-refractivity contribution in [1.29, 1.82) is 5.26 Å². The SMILES string of the molecule is C[C@H](NC1CCCC1C#N)c1ccccn1. The maximum Gasteiger partial charge on any atom is 0.0672 e. The first-order valence-corrected chi connectivity index (χ1v) is 5.88. The Bertz CT molecular complexity index is 369. The van der Waals surface area contributed by atoms with Crippen molar-refractivity contribution in [2.75, 3.05) is 0 Å². The van der Waals surface area contributed by atoms with E-state index in [1.165, 1.54) is 0 Å². The molecule has 2 unspecified atom stereocenters. The minimum atomic E-state index is 0.172. The molecule has 1 fully saturated rings. The molecule has 1 aromatic rings. The Morgan fingerprint density at radius 1 is 1.50 bits per heavy atom. The van der Waals surface area contributed by atoms with Gasteiger partial charge >= 0.3 is 0 Å². The molecular formula is C13H17N3. The first-order chi connectivity index (χ1) is 7.81. The van der Waals surface area contributed by atoms with Crippen molar-refractivity contribution in [1.82, 2.24) is 10.3 Å². The molecule has 0 spiro atoms. The lowest BCUT2D eigenvalue weighted by molar-refractivity contribution is 0.413. The van der Waals surface area contributed by atoms with E-state index < -0.39 is 0 Å². The van der Waals surface area contributed by atoms with Gasteiger partial charge in [-0.1, -0.05) is 12.5 Å². The molecule has 0 aromatic carbocycles. The fourth-order valence-electron chi connectivity index (χ4n) is 2.35. The summed E-state index contributed by atoms with van der Waals surface area (Å²) >= 11 is 0. The van der Waals surface area contributed by atoms with E-state index in [-0.39, 0.29) is 12.0 Å². The third-order valence-corrected chi connectivity index (χ3v) is 3.28. The molecule has 1 N–H and O–H groups in total. The summed E-state index contributed by atoms with van der Waals surface area (Å²) in [5.41, 5.74) is 1.05. The molecule has 1 aromatic heterocycles. The average molecular weight is 215 g/mol. The molecule has 3 heteroatoms. The van der Waals surface area contributed by atoms with Crippen LogP contribution >= 0.6 is 0 Å². The summed E-state index contributed by atoms with van der Waals surface area (Å²) in [6.45, 7) is 2.11. The maximum absolute atomic E-state index is 9.01. The molecule has 3 nitrogen and oxygen atoms in total. The highest BCUT2D eigenvalue weighted by molar-refractivity contribution is 5.09. The largest absolute Gasteiger partial charge is 0.305 e. The van der Waals surface area contributed by atoms with Gasteiger partial charge < -0.3 is 5.32 Å². The van der Waals surface area contributed by atoms with Gasteiger partial charge in [0.25, 0.3) is 0 Å². The molecule has 84 valence electrons. The van der Waals surface area contributed by atoms with E-state index >= 15 is 0 Å². The van der Waals surface area contributed by atoms with Gasteiger partial charge in [-0.25, -0.2) is 0 Å². The van der Waals surface area contributed by atoms with Gasteiger partial charge in [0.15, 0.2) is 0 Å². The first-order valence-electron chi connectivity index (χ1n) is 5.88. The zero-order valence-corrected chi connectivity index (χ0v) is 9.56. The number of pyridine rings is 1. The van der Waals surface area contributed by atoms with Gasteiger partial charge in [0.2, 0.25) is 0 Å². The molecule has 1 aliphatic carbocycles. The van der Waals surface area contributed by atoms with Crippen LogP contribution in [0, 0.1) is 17.2 Å². The molecule has 0 bridgehead atoms. The van der Waals surface area contributed by atoms with Gasteiger partial charge in [-0.2, -0.15) is 5.26 Å². The molecule has 0 amide bonds. The highest BCUT2D eigenvalue weighted by Gasteiger charge is 2.28. The number of nitrogens with one attached hydrogen (secondary N) is 1. The van der Waals surface area contributed by atoms with Gasteiger partial charge in [-0.3, -0.25) is 4.98 Å². The van der Waals surface area contributed by atoms with E-state index in [9.17, 15) is 0 Å². The van der Waals surface area contributed by atoms with Crippen LogP contribution in [0.2, 0.25) is 0 Å². The lowest BCUT2D eigenvalue weighted by atomic mass is 10.0. The van der Waals surface area contributed by atoms with Gasteiger partial charge in [0.05, 0.1) is 17.7 Å². The van der Waals surface area contributed by atoms with E-state index in [1.807, 2.05) is 24.4 Å². The third kappa shape index (κ3) is 2.40. The first kappa shape index (κ1) is 11.1. The number of aromatic nitrogens is 1. The summed E-state index contributed by atoms with van der Waals surface area (Å²) in [5.74, 6) is 0.172.